The van der Waals surface area contributed by atoms with Crippen molar-refractivity contribution in [2.24, 2.45) is 5.92 Å². The van der Waals surface area contributed by atoms with Crippen molar-refractivity contribution >= 4 is 35.6 Å². The SMILES string of the molecule is O=COC1CCC2CCCCC2OC1COC(=O)c1ccc(Cl)cc1Cl. The molecule has 1 aromatic rings. The van der Waals surface area contributed by atoms with Gasteiger partial charge in [0, 0.05) is 5.02 Å². The maximum atomic E-state index is 12.3. The van der Waals surface area contributed by atoms with E-state index in [4.69, 9.17) is 37.4 Å². The van der Waals surface area contributed by atoms with Gasteiger partial charge in [0.1, 0.15) is 18.8 Å². The Labute approximate surface area is 162 Å². The molecule has 1 heterocycles. The second-order valence-corrected chi connectivity index (χ2v) is 7.67. The molecule has 2 fully saturated rings. The van der Waals surface area contributed by atoms with Gasteiger partial charge in [-0.05, 0) is 49.8 Å². The molecular weight excluding hydrogens is 379 g/mol. The van der Waals surface area contributed by atoms with Crippen LogP contribution in [-0.4, -0.2) is 37.4 Å². The van der Waals surface area contributed by atoms with E-state index in [0.29, 0.717) is 23.8 Å². The summed E-state index contributed by atoms with van der Waals surface area (Å²) in [6.45, 7) is 0.452. The fourth-order valence-corrected chi connectivity index (χ4v) is 4.31. The first-order chi connectivity index (χ1) is 12.6. The van der Waals surface area contributed by atoms with Gasteiger partial charge in [0.05, 0.1) is 16.7 Å². The third-order valence-electron chi connectivity index (χ3n) is 5.19. The van der Waals surface area contributed by atoms with E-state index < -0.39 is 18.2 Å². The van der Waals surface area contributed by atoms with Crippen molar-refractivity contribution in [3.8, 4) is 0 Å². The number of rotatable bonds is 5. The number of halogens is 2. The van der Waals surface area contributed by atoms with E-state index in [9.17, 15) is 9.59 Å². The topological polar surface area (TPSA) is 61.8 Å². The molecule has 26 heavy (non-hydrogen) atoms. The zero-order valence-corrected chi connectivity index (χ0v) is 15.9. The summed E-state index contributed by atoms with van der Waals surface area (Å²) in [6, 6.07) is 4.60. The van der Waals surface area contributed by atoms with Crippen LogP contribution in [0.5, 0.6) is 0 Å². The summed E-state index contributed by atoms with van der Waals surface area (Å²) >= 11 is 11.9. The number of hydrogen-bond donors (Lipinski definition) is 0. The molecule has 1 aromatic carbocycles. The minimum absolute atomic E-state index is 0.0134. The summed E-state index contributed by atoms with van der Waals surface area (Å²) in [6.07, 6.45) is 5.38. The fraction of sp³-hybridized carbons (Fsp3) is 0.579. The predicted octanol–water partition coefficient (Wildman–Crippen LogP) is 4.43. The third kappa shape index (κ3) is 4.70. The van der Waals surface area contributed by atoms with Crippen molar-refractivity contribution in [2.75, 3.05) is 6.61 Å². The highest BCUT2D eigenvalue weighted by molar-refractivity contribution is 6.36. The average Bonchev–Trinajstić information content (AvgIpc) is 2.80. The molecule has 0 radical (unpaired) electrons. The van der Waals surface area contributed by atoms with Crippen molar-refractivity contribution in [1.29, 1.82) is 0 Å². The third-order valence-corrected chi connectivity index (χ3v) is 5.73. The minimum atomic E-state index is -0.551. The van der Waals surface area contributed by atoms with Crippen molar-refractivity contribution < 1.29 is 23.8 Å². The standard InChI is InChI=1S/C19H22Cl2O5/c20-13-6-7-14(15(21)9-13)19(23)24-10-18-17(25-11-22)8-5-12-3-1-2-4-16(12)26-18/h6-7,9,11-12,16-18H,1-5,8,10H2. The van der Waals surface area contributed by atoms with Gasteiger partial charge in [-0.15, -0.1) is 0 Å². The molecule has 1 aliphatic heterocycles. The second kappa shape index (κ2) is 9.07. The van der Waals surface area contributed by atoms with E-state index in [1.165, 1.54) is 18.6 Å². The highest BCUT2D eigenvalue weighted by Gasteiger charge is 2.37. The Bertz CT molecular complexity index is 651. The quantitative estimate of drug-likeness (QED) is 0.540. The van der Waals surface area contributed by atoms with Crippen LogP contribution < -0.4 is 0 Å². The molecule has 0 aromatic heterocycles. The number of carbonyl (C=O) groups excluding carboxylic acids is 2. The normalized spacial score (nSPS) is 28.5. The molecule has 2 aliphatic rings. The summed E-state index contributed by atoms with van der Waals surface area (Å²) in [5, 5.41) is 0.679. The van der Waals surface area contributed by atoms with Gasteiger partial charge in [-0.1, -0.05) is 36.0 Å². The van der Waals surface area contributed by atoms with Gasteiger partial charge in [0.2, 0.25) is 0 Å². The Hall–Kier alpha value is -1.30. The highest BCUT2D eigenvalue weighted by Crippen LogP contribution is 2.35. The molecule has 0 spiro atoms. The van der Waals surface area contributed by atoms with Crippen LogP contribution in [-0.2, 0) is 19.0 Å². The molecule has 1 saturated heterocycles. The van der Waals surface area contributed by atoms with Crippen molar-refractivity contribution in [2.45, 2.75) is 56.8 Å². The molecular formula is C19H22Cl2O5. The molecule has 5 nitrogen and oxygen atoms in total. The van der Waals surface area contributed by atoms with Crippen LogP contribution in [0.15, 0.2) is 18.2 Å². The van der Waals surface area contributed by atoms with E-state index in [0.717, 1.165) is 25.7 Å². The molecule has 3 rings (SSSR count). The first-order valence-corrected chi connectivity index (χ1v) is 9.71. The van der Waals surface area contributed by atoms with Gasteiger partial charge in [-0.25, -0.2) is 4.79 Å². The lowest BCUT2D eigenvalue weighted by Crippen LogP contribution is -2.38. The van der Waals surface area contributed by atoms with Gasteiger partial charge in [0.25, 0.3) is 6.47 Å². The van der Waals surface area contributed by atoms with E-state index in [1.54, 1.807) is 6.07 Å². The minimum Gasteiger partial charge on any atom is -0.462 e. The van der Waals surface area contributed by atoms with Crippen LogP contribution in [0.2, 0.25) is 10.0 Å². The number of ether oxygens (including phenoxy) is 3. The maximum Gasteiger partial charge on any atom is 0.339 e. The number of esters is 1. The largest absolute Gasteiger partial charge is 0.462 e. The molecule has 0 bridgehead atoms. The Balaban J connectivity index is 1.66. The van der Waals surface area contributed by atoms with Crippen LogP contribution in [0.3, 0.4) is 0 Å². The summed E-state index contributed by atoms with van der Waals surface area (Å²) in [5.74, 6) is -0.0718. The number of benzene rings is 1. The lowest BCUT2D eigenvalue weighted by Gasteiger charge is -2.31. The predicted molar refractivity (Wildman–Crippen MR) is 97.5 cm³/mol. The fourth-order valence-electron chi connectivity index (χ4n) is 3.82. The molecule has 142 valence electrons. The van der Waals surface area contributed by atoms with Crippen molar-refractivity contribution in [3.05, 3.63) is 33.8 Å². The summed E-state index contributed by atoms with van der Waals surface area (Å²) in [4.78, 5) is 23.2. The lowest BCUT2D eigenvalue weighted by atomic mass is 9.83. The summed E-state index contributed by atoms with van der Waals surface area (Å²) < 4.78 is 16.8. The van der Waals surface area contributed by atoms with E-state index >= 15 is 0 Å². The monoisotopic (exact) mass is 400 g/mol. The zero-order valence-electron chi connectivity index (χ0n) is 14.4. The van der Waals surface area contributed by atoms with Crippen molar-refractivity contribution in [3.63, 3.8) is 0 Å². The maximum absolute atomic E-state index is 12.3. The summed E-state index contributed by atoms with van der Waals surface area (Å²) in [7, 11) is 0. The van der Waals surface area contributed by atoms with Crippen LogP contribution >= 0.6 is 23.2 Å². The molecule has 4 unspecified atom stereocenters. The molecule has 0 amide bonds. The van der Waals surface area contributed by atoms with Crippen LogP contribution in [0.25, 0.3) is 0 Å². The van der Waals surface area contributed by atoms with E-state index in [2.05, 4.69) is 0 Å². The van der Waals surface area contributed by atoms with Crippen LogP contribution in [0, 0.1) is 5.92 Å². The Kier molecular flexibility index (Phi) is 6.79. The Morgan fingerprint density at radius 1 is 1.19 bits per heavy atom. The number of hydrogen-bond acceptors (Lipinski definition) is 5. The zero-order chi connectivity index (χ0) is 18.5. The van der Waals surface area contributed by atoms with E-state index in [1.807, 2.05) is 0 Å². The summed E-state index contributed by atoms with van der Waals surface area (Å²) in [5.41, 5.74) is 0.244. The van der Waals surface area contributed by atoms with Gasteiger partial charge in [0.15, 0.2) is 0 Å². The number of carbonyl (C=O) groups is 2. The smallest absolute Gasteiger partial charge is 0.339 e. The van der Waals surface area contributed by atoms with Gasteiger partial charge in [-0.3, -0.25) is 4.79 Å². The van der Waals surface area contributed by atoms with Crippen LogP contribution in [0.1, 0.15) is 48.9 Å². The molecule has 1 saturated carbocycles. The van der Waals surface area contributed by atoms with Gasteiger partial charge in [-0.2, -0.15) is 0 Å². The second-order valence-electron chi connectivity index (χ2n) is 6.83. The lowest BCUT2D eigenvalue weighted by molar-refractivity contribution is -0.150. The van der Waals surface area contributed by atoms with Crippen LogP contribution in [0.4, 0.5) is 0 Å². The van der Waals surface area contributed by atoms with Crippen molar-refractivity contribution in [1.82, 2.24) is 0 Å². The molecule has 4 atom stereocenters. The number of fused-ring (bicyclic) bond motifs is 1. The van der Waals surface area contributed by atoms with Gasteiger partial charge >= 0.3 is 5.97 Å². The van der Waals surface area contributed by atoms with Gasteiger partial charge < -0.3 is 14.2 Å². The van der Waals surface area contributed by atoms with E-state index in [-0.39, 0.29) is 23.3 Å². The Morgan fingerprint density at radius 2 is 2.00 bits per heavy atom. The molecule has 0 N–H and O–H groups in total. The highest BCUT2D eigenvalue weighted by atomic mass is 35.5. The first kappa shape index (κ1) is 19.5. The first-order valence-electron chi connectivity index (χ1n) is 8.95. The Morgan fingerprint density at radius 3 is 2.77 bits per heavy atom. The molecule has 7 heteroatoms. The average molecular weight is 401 g/mol. The molecule has 1 aliphatic carbocycles.